The lowest BCUT2D eigenvalue weighted by Crippen LogP contribution is -2.26. The fraction of sp³-hybridized carbons (Fsp3) is 0.533. The van der Waals surface area contributed by atoms with Crippen molar-refractivity contribution in [2.24, 2.45) is 5.92 Å². The minimum Gasteiger partial charge on any atom is -0.478 e. The number of carbonyl (C=O) groups is 1. The molecule has 1 aliphatic rings. The number of anilines is 1. The zero-order valence-electron chi connectivity index (χ0n) is 11.2. The Kier molecular flexibility index (Phi) is 4.70. The Labute approximate surface area is 119 Å². The molecule has 0 amide bonds. The molecule has 0 radical (unpaired) electrons. The van der Waals surface area contributed by atoms with E-state index in [1.54, 1.807) is 12.1 Å². The molecule has 1 saturated carbocycles. The molecule has 0 atom stereocenters. The van der Waals surface area contributed by atoms with E-state index in [-0.39, 0.29) is 5.56 Å². The summed E-state index contributed by atoms with van der Waals surface area (Å²) in [4.78, 5) is 13.1. The van der Waals surface area contributed by atoms with Crippen LogP contribution in [0.3, 0.4) is 0 Å². The van der Waals surface area contributed by atoms with Crippen LogP contribution in [0, 0.1) is 5.92 Å². The van der Waals surface area contributed by atoms with E-state index < -0.39 is 5.97 Å². The van der Waals surface area contributed by atoms with Gasteiger partial charge in [-0.3, -0.25) is 0 Å². The summed E-state index contributed by atoms with van der Waals surface area (Å²) in [6, 6.07) is 5.16. The van der Waals surface area contributed by atoms with Gasteiger partial charge in [0.1, 0.15) is 0 Å². The van der Waals surface area contributed by atoms with E-state index in [4.69, 9.17) is 16.7 Å². The summed E-state index contributed by atoms with van der Waals surface area (Å²) >= 11 is 6.00. The zero-order valence-corrected chi connectivity index (χ0v) is 12.0. The van der Waals surface area contributed by atoms with Crippen LogP contribution in [-0.2, 0) is 0 Å². The highest BCUT2D eigenvalue weighted by Gasteiger charge is 2.16. The summed E-state index contributed by atoms with van der Waals surface area (Å²) in [6.45, 7) is 1.02. The molecule has 19 heavy (non-hydrogen) atoms. The van der Waals surface area contributed by atoms with Gasteiger partial charge in [-0.1, -0.05) is 30.9 Å². The van der Waals surface area contributed by atoms with Gasteiger partial charge in [-0.2, -0.15) is 0 Å². The molecule has 1 aliphatic carbocycles. The molecule has 1 aromatic rings. The van der Waals surface area contributed by atoms with E-state index in [0.29, 0.717) is 5.02 Å². The summed E-state index contributed by atoms with van der Waals surface area (Å²) in [5, 5.41) is 9.26. The average Bonchev–Trinajstić information content (AvgIpc) is 2.39. The minimum absolute atomic E-state index is 0.163. The first-order valence-corrected chi connectivity index (χ1v) is 7.19. The van der Waals surface area contributed by atoms with Crippen LogP contribution in [0.1, 0.15) is 42.5 Å². The van der Waals surface area contributed by atoms with E-state index in [0.717, 1.165) is 18.2 Å². The van der Waals surface area contributed by atoms with E-state index in [1.807, 2.05) is 13.1 Å². The number of halogens is 1. The molecular weight excluding hydrogens is 262 g/mol. The molecule has 1 aromatic carbocycles. The van der Waals surface area contributed by atoms with Gasteiger partial charge in [-0.15, -0.1) is 0 Å². The molecule has 0 aromatic heterocycles. The van der Waals surface area contributed by atoms with Crippen LogP contribution in [-0.4, -0.2) is 24.7 Å². The molecule has 0 bridgehead atoms. The van der Waals surface area contributed by atoms with Gasteiger partial charge < -0.3 is 10.0 Å². The van der Waals surface area contributed by atoms with E-state index in [2.05, 4.69) is 4.90 Å². The number of nitrogens with zero attached hydrogens (tertiary/aromatic N) is 1. The monoisotopic (exact) mass is 281 g/mol. The van der Waals surface area contributed by atoms with Gasteiger partial charge in [0, 0.05) is 19.3 Å². The maximum atomic E-state index is 10.9. The molecular formula is C15H20ClNO2. The lowest BCUT2D eigenvalue weighted by Gasteiger charge is -2.28. The quantitative estimate of drug-likeness (QED) is 0.905. The van der Waals surface area contributed by atoms with Crippen LogP contribution < -0.4 is 4.90 Å². The number of hydrogen-bond acceptors (Lipinski definition) is 2. The summed E-state index contributed by atoms with van der Waals surface area (Å²) in [6.07, 6.45) is 6.62. The number of benzene rings is 1. The van der Waals surface area contributed by atoms with Crippen molar-refractivity contribution in [2.45, 2.75) is 32.1 Å². The summed E-state index contributed by atoms with van der Waals surface area (Å²) < 4.78 is 0. The Morgan fingerprint density at radius 2 is 2.05 bits per heavy atom. The van der Waals surface area contributed by atoms with Crippen molar-refractivity contribution in [3.05, 3.63) is 28.8 Å². The normalized spacial score (nSPS) is 16.3. The smallest absolute Gasteiger partial charge is 0.337 e. The lowest BCUT2D eigenvalue weighted by molar-refractivity contribution is 0.0697. The molecule has 0 spiro atoms. The first kappa shape index (κ1) is 14.2. The van der Waals surface area contributed by atoms with Gasteiger partial charge in [-0.05, 0) is 37.0 Å². The largest absolute Gasteiger partial charge is 0.478 e. The molecule has 104 valence electrons. The third-order valence-corrected chi connectivity index (χ3v) is 4.19. The Bertz CT molecular complexity index is 455. The molecule has 3 nitrogen and oxygen atoms in total. The molecule has 0 saturated heterocycles. The van der Waals surface area contributed by atoms with Gasteiger partial charge >= 0.3 is 5.97 Å². The number of carboxylic acid groups (broad SMARTS) is 1. The second-order valence-corrected chi connectivity index (χ2v) is 5.76. The van der Waals surface area contributed by atoms with Gasteiger partial charge in [0.2, 0.25) is 0 Å². The molecule has 0 heterocycles. The average molecular weight is 282 g/mol. The fourth-order valence-electron chi connectivity index (χ4n) is 2.78. The van der Waals surface area contributed by atoms with E-state index >= 15 is 0 Å². The Hall–Kier alpha value is -1.22. The van der Waals surface area contributed by atoms with Crippen molar-refractivity contribution in [1.82, 2.24) is 0 Å². The number of aromatic carboxylic acids is 1. The molecule has 2 rings (SSSR count). The van der Waals surface area contributed by atoms with Crippen LogP contribution in [0.5, 0.6) is 0 Å². The standard InChI is InChI=1S/C15H20ClNO2/c1-17(10-11-5-3-2-4-6-11)12-7-8-13(15(18)19)14(16)9-12/h7-9,11H,2-6,10H2,1H3,(H,18,19). The van der Waals surface area contributed by atoms with Crippen LogP contribution >= 0.6 is 11.6 Å². The number of carboxylic acids is 1. The van der Waals surface area contributed by atoms with Crippen molar-refractivity contribution in [3.63, 3.8) is 0 Å². The molecule has 0 aliphatic heterocycles. The third kappa shape index (κ3) is 3.63. The first-order chi connectivity index (χ1) is 9.08. The van der Waals surface area contributed by atoms with Crippen molar-refractivity contribution < 1.29 is 9.90 Å². The maximum absolute atomic E-state index is 10.9. The van der Waals surface area contributed by atoms with Gasteiger partial charge in [0.25, 0.3) is 0 Å². The van der Waals surface area contributed by atoms with Gasteiger partial charge in [-0.25, -0.2) is 4.79 Å². The summed E-state index contributed by atoms with van der Waals surface area (Å²) in [7, 11) is 2.04. The fourth-order valence-corrected chi connectivity index (χ4v) is 3.03. The van der Waals surface area contributed by atoms with Crippen molar-refractivity contribution >= 4 is 23.3 Å². The summed E-state index contributed by atoms with van der Waals surface area (Å²) in [5.41, 5.74) is 1.15. The van der Waals surface area contributed by atoms with Crippen LogP contribution in [0.15, 0.2) is 18.2 Å². The predicted octanol–water partition coefficient (Wildman–Crippen LogP) is 4.05. The number of rotatable bonds is 4. The van der Waals surface area contributed by atoms with Crippen molar-refractivity contribution in [2.75, 3.05) is 18.5 Å². The highest BCUT2D eigenvalue weighted by atomic mass is 35.5. The second-order valence-electron chi connectivity index (χ2n) is 5.35. The highest BCUT2D eigenvalue weighted by Crippen LogP contribution is 2.28. The SMILES string of the molecule is CN(CC1CCCCC1)c1ccc(C(=O)O)c(Cl)c1. The first-order valence-electron chi connectivity index (χ1n) is 6.82. The zero-order chi connectivity index (χ0) is 13.8. The minimum atomic E-state index is -0.980. The predicted molar refractivity (Wildman–Crippen MR) is 78.3 cm³/mol. The highest BCUT2D eigenvalue weighted by molar-refractivity contribution is 6.33. The Morgan fingerprint density at radius 3 is 2.63 bits per heavy atom. The maximum Gasteiger partial charge on any atom is 0.337 e. The lowest BCUT2D eigenvalue weighted by atomic mass is 9.89. The second kappa shape index (κ2) is 6.29. The van der Waals surface area contributed by atoms with Crippen molar-refractivity contribution in [1.29, 1.82) is 0 Å². The van der Waals surface area contributed by atoms with Gasteiger partial charge in [0.15, 0.2) is 0 Å². The van der Waals surface area contributed by atoms with Crippen molar-refractivity contribution in [3.8, 4) is 0 Å². The Morgan fingerprint density at radius 1 is 1.37 bits per heavy atom. The van der Waals surface area contributed by atoms with Crippen LogP contribution in [0.4, 0.5) is 5.69 Å². The topological polar surface area (TPSA) is 40.5 Å². The van der Waals surface area contributed by atoms with Crippen LogP contribution in [0.25, 0.3) is 0 Å². The summed E-state index contributed by atoms with van der Waals surface area (Å²) in [5.74, 6) is -0.233. The molecule has 1 fully saturated rings. The van der Waals surface area contributed by atoms with E-state index in [9.17, 15) is 4.79 Å². The van der Waals surface area contributed by atoms with Crippen LogP contribution in [0.2, 0.25) is 5.02 Å². The molecule has 1 N–H and O–H groups in total. The third-order valence-electron chi connectivity index (χ3n) is 3.88. The van der Waals surface area contributed by atoms with E-state index in [1.165, 1.54) is 32.1 Å². The molecule has 4 heteroatoms. The Balaban J connectivity index is 2.04. The molecule has 0 unspecified atom stereocenters. The van der Waals surface area contributed by atoms with Gasteiger partial charge in [0.05, 0.1) is 10.6 Å². The number of hydrogen-bond donors (Lipinski definition) is 1.